The first kappa shape index (κ1) is 12.2. The summed E-state index contributed by atoms with van der Waals surface area (Å²) >= 11 is 0. The first-order valence-electron chi connectivity index (χ1n) is 5.72. The molecular formula is C15H15NO2. The molecule has 0 unspecified atom stereocenters. The minimum Gasteiger partial charge on any atom is -0.473 e. The summed E-state index contributed by atoms with van der Waals surface area (Å²) in [6, 6.07) is 11.4. The standard InChI is InChI=1S/C15H15NO2/c1-3-10-17-15-11-14(8-9-16-15)18-13-6-4-12(2)5-7-13/h3-9,11H,1,10H2,2H3. The second-order valence-corrected chi connectivity index (χ2v) is 3.84. The lowest BCUT2D eigenvalue weighted by Gasteiger charge is -2.07. The van der Waals surface area contributed by atoms with Gasteiger partial charge in [0, 0.05) is 12.3 Å². The Labute approximate surface area is 107 Å². The fraction of sp³-hybridized carbons (Fsp3) is 0.133. The van der Waals surface area contributed by atoms with Gasteiger partial charge in [-0.1, -0.05) is 30.4 Å². The van der Waals surface area contributed by atoms with E-state index in [1.165, 1.54) is 5.56 Å². The van der Waals surface area contributed by atoms with Crippen LogP contribution in [0.15, 0.2) is 55.3 Å². The van der Waals surface area contributed by atoms with Crippen LogP contribution in [0.1, 0.15) is 5.56 Å². The van der Waals surface area contributed by atoms with Gasteiger partial charge in [-0.05, 0) is 25.1 Å². The van der Waals surface area contributed by atoms with E-state index in [1.54, 1.807) is 24.4 Å². The topological polar surface area (TPSA) is 31.4 Å². The molecular weight excluding hydrogens is 226 g/mol. The van der Waals surface area contributed by atoms with E-state index in [0.29, 0.717) is 18.2 Å². The van der Waals surface area contributed by atoms with Crippen molar-refractivity contribution in [3.05, 3.63) is 60.8 Å². The minimum absolute atomic E-state index is 0.432. The van der Waals surface area contributed by atoms with E-state index in [9.17, 15) is 0 Å². The van der Waals surface area contributed by atoms with Crippen molar-refractivity contribution in [2.75, 3.05) is 6.61 Å². The van der Waals surface area contributed by atoms with Crippen molar-refractivity contribution in [2.45, 2.75) is 6.92 Å². The predicted molar refractivity (Wildman–Crippen MR) is 71.2 cm³/mol. The van der Waals surface area contributed by atoms with Gasteiger partial charge >= 0.3 is 0 Å². The Kier molecular flexibility index (Phi) is 3.97. The number of pyridine rings is 1. The molecule has 0 radical (unpaired) electrons. The lowest BCUT2D eigenvalue weighted by Crippen LogP contribution is -1.95. The first-order chi connectivity index (χ1) is 8.78. The molecule has 0 aliphatic heterocycles. The van der Waals surface area contributed by atoms with Gasteiger partial charge in [-0.25, -0.2) is 4.98 Å². The summed E-state index contributed by atoms with van der Waals surface area (Å²) in [5.41, 5.74) is 1.20. The van der Waals surface area contributed by atoms with Crippen LogP contribution in [0.3, 0.4) is 0 Å². The average molecular weight is 241 g/mol. The van der Waals surface area contributed by atoms with Gasteiger partial charge < -0.3 is 9.47 Å². The van der Waals surface area contributed by atoms with E-state index in [0.717, 1.165) is 5.75 Å². The molecule has 3 heteroatoms. The highest BCUT2D eigenvalue weighted by Gasteiger charge is 2.00. The van der Waals surface area contributed by atoms with Crippen LogP contribution in [-0.2, 0) is 0 Å². The lowest BCUT2D eigenvalue weighted by atomic mass is 10.2. The second kappa shape index (κ2) is 5.87. The molecule has 0 spiro atoms. The van der Waals surface area contributed by atoms with E-state index in [4.69, 9.17) is 9.47 Å². The van der Waals surface area contributed by atoms with Crippen molar-refractivity contribution in [3.8, 4) is 17.4 Å². The maximum atomic E-state index is 5.71. The van der Waals surface area contributed by atoms with Crippen LogP contribution in [0.2, 0.25) is 0 Å². The Morgan fingerprint density at radius 2 is 1.94 bits per heavy atom. The molecule has 0 aliphatic carbocycles. The number of ether oxygens (including phenoxy) is 2. The third kappa shape index (κ3) is 3.35. The van der Waals surface area contributed by atoms with Crippen LogP contribution in [0, 0.1) is 6.92 Å². The molecule has 0 N–H and O–H groups in total. The molecule has 2 aromatic rings. The summed E-state index contributed by atoms with van der Waals surface area (Å²) in [5.74, 6) is 2.02. The summed E-state index contributed by atoms with van der Waals surface area (Å²) in [6.45, 7) is 6.06. The van der Waals surface area contributed by atoms with E-state index in [1.807, 2.05) is 31.2 Å². The van der Waals surface area contributed by atoms with Gasteiger partial charge in [-0.3, -0.25) is 0 Å². The first-order valence-corrected chi connectivity index (χ1v) is 5.72. The summed E-state index contributed by atoms with van der Waals surface area (Å²) in [5, 5.41) is 0. The molecule has 1 heterocycles. The molecule has 2 rings (SSSR count). The molecule has 0 fully saturated rings. The monoisotopic (exact) mass is 241 g/mol. The van der Waals surface area contributed by atoms with Gasteiger partial charge in [-0.2, -0.15) is 0 Å². The molecule has 1 aromatic heterocycles. The van der Waals surface area contributed by atoms with Crippen molar-refractivity contribution in [1.29, 1.82) is 0 Å². The fourth-order valence-electron chi connectivity index (χ4n) is 1.42. The van der Waals surface area contributed by atoms with Crippen molar-refractivity contribution in [3.63, 3.8) is 0 Å². The van der Waals surface area contributed by atoms with Crippen LogP contribution >= 0.6 is 0 Å². The van der Waals surface area contributed by atoms with Gasteiger partial charge in [0.15, 0.2) is 0 Å². The van der Waals surface area contributed by atoms with Crippen LogP contribution in [-0.4, -0.2) is 11.6 Å². The molecule has 0 amide bonds. The van der Waals surface area contributed by atoms with E-state index in [2.05, 4.69) is 11.6 Å². The quantitative estimate of drug-likeness (QED) is 0.747. The molecule has 0 aliphatic rings. The smallest absolute Gasteiger partial charge is 0.217 e. The van der Waals surface area contributed by atoms with Crippen LogP contribution in [0.5, 0.6) is 17.4 Å². The molecule has 0 saturated heterocycles. The third-order valence-electron chi connectivity index (χ3n) is 2.31. The summed E-state index contributed by atoms with van der Waals surface area (Å²) < 4.78 is 11.1. The minimum atomic E-state index is 0.432. The zero-order valence-electron chi connectivity index (χ0n) is 10.3. The van der Waals surface area contributed by atoms with Crippen molar-refractivity contribution in [1.82, 2.24) is 4.98 Å². The molecule has 1 aromatic carbocycles. The van der Waals surface area contributed by atoms with E-state index in [-0.39, 0.29) is 0 Å². The van der Waals surface area contributed by atoms with Crippen LogP contribution < -0.4 is 9.47 Å². The zero-order valence-corrected chi connectivity index (χ0v) is 10.3. The predicted octanol–water partition coefficient (Wildman–Crippen LogP) is 3.75. The number of aromatic nitrogens is 1. The van der Waals surface area contributed by atoms with E-state index < -0.39 is 0 Å². The highest BCUT2D eigenvalue weighted by atomic mass is 16.5. The Morgan fingerprint density at radius 1 is 1.17 bits per heavy atom. The largest absolute Gasteiger partial charge is 0.473 e. The zero-order chi connectivity index (χ0) is 12.8. The molecule has 0 saturated carbocycles. The van der Waals surface area contributed by atoms with Gasteiger partial charge in [0.25, 0.3) is 0 Å². The molecule has 18 heavy (non-hydrogen) atoms. The fourth-order valence-corrected chi connectivity index (χ4v) is 1.42. The number of benzene rings is 1. The highest BCUT2D eigenvalue weighted by Crippen LogP contribution is 2.23. The SMILES string of the molecule is C=CCOc1cc(Oc2ccc(C)cc2)ccn1. The van der Waals surface area contributed by atoms with Crippen LogP contribution in [0.25, 0.3) is 0 Å². The van der Waals surface area contributed by atoms with Gasteiger partial charge in [0.05, 0.1) is 0 Å². The maximum Gasteiger partial charge on any atom is 0.217 e. The number of hydrogen-bond acceptors (Lipinski definition) is 3. The Morgan fingerprint density at radius 3 is 2.67 bits per heavy atom. The number of nitrogens with zero attached hydrogens (tertiary/aromatic N) is 1. The number of aryl methyl sites for hydroxylation is 1. The molecule has 3 nitrogen and oxygen atoms in total. The maximum absolute atomic E-state index is 5.71. The lowest BCUT2D eigenvalue weighted by molar-refractivity contribution is 0.346. The second-order valence-electron chi connectivity index (χ2n) is 3.84. The Balaban J connectivity index is 2.08. The van der Waals surface area contributed by atoms with E-state index >= 15 is 0 Å². The van der Waals surface area contributed by atoms with Crippen molar-refractivity contribution >= 4 is 0 Å². The number of hydrogen-bond donors (Lipinski definition) is 0. The van der Waals surface area contributed by atoms with Gasteiger partial charge in [0.2, 0.25) is 5.88 Å². The Hall–Kier alpha value is -2.29. The molecule has 0 atom stereocenters. The Bertz CT molecular complexity index is 520. The van der Waals surface area contributed by atoms with Crippen molar-refractivity contribution < 1.29 is 9.47 Å². The van der Waals surface area contributed by atoms with Crippen LogP contribution in [0.4, 0.5) is 0 Å². The summed E-state index contributed by atoms with van der Waals surface area (Å²) in [4.78, 5) is 4.08. The molecule has 0 bridgehead atoms. The highest BCUT2D eigenvalue weighted by molar-refractivity contribution is 5.34. The summed E-state index contributed by atoms with van der Waals surface area (Å²) in [7, 11) is 0. The molecule has 92 valence electrons. The van der Waals surface area contributed by atoms with Crippen molar-refractivity contribution in [2.24, 2.45) is 0 Å². The van der Waals surface area contributed by atoms with Gasteiger partial charge in [-0.15, -0.1) is 0 Å². The van der Waals surface area contributed by atoms with Gasteiger partial charge in [0.1, 0.15) is 18.1 Å². The average Bonchev–Trinajstić information content (AvgIpc) is 2.40. The third-order valence-corrected chi connectivity index (χ3v) is 2.31. The normalized spacial score (nSPS) is 9.83. The number of rotatable bonds is 5. The summed E-state index contributed by atoms with van der Waals surface area (Å²) in [6.07, 6.45) is 3.33.